The van der Waals surface area contributed by atoms with Crippen LogP contribution in [0, 0.1) is 6.92 Å². The second-order valence-electron chi connectivity index (χ2n) is 5.75. The van der Waals surface area contributed by atoms with E-state index in [4.69, 9.17) is 0 Å². The normalized spacial score (nSPS) is 10.8. The maximum Gasteiger partial charge on any atom is 0.261 e. The summed E-state index contributed by atoms with van der Waals surface area (Å²) in [4.78, 5) is 41.7. The highest BCUT2D eigenvalue weighted by Crippen LogP contribution is 2.18. The number of nitrogens with one attached hydrogen (secondary N) is 1. The van der Waals surface area contributed by atoms with Gasteiger partial charge in [0, 0.05) is 11.8 Å². The standard InChI is InChI=1S/C18H17N3O3S/c1-11-4-3-5-14-17(11)20-10-21(18(14)24)9-15(23)16-7-6-13(25-16)8-19-12(2)22/h3-7,10H,8-9H2,1-2H3,(H,19,22). The fourth-order valence-electron chi connectivity index (χ4n) is 2.52. The molecule has 0 spiro atoms. The molecule has 0 aliphatic heterocycles. The molecule has 0 fully saturated rings. The Labute approximate surface area is 148 Å². The molecule has 2 heterocycles. The number of hydrogen-bond donors (Lipinski definition) is 1. The molecule has 7 heteroatoms. The molecular weight excluding hydrogens is 338 g/mol. The molecule has 6 nitrogen and oxygen atoms in total. The van der Waals surface area contributed by atoms with Crippen LogP contribution in [0.1, 0.15) is 27.0 Å². The van der Waals surface area contributed by atoms with Gasteiger partial charge in [-0.1, -0.05) is 12.1 Å². The van der Waals surface area contributed by atoms with Crippen LogP contribution in [0.5, 0.6) is 0 Å². The molecule has 0 unspecified atom stereocenters. The Balaban J connectivity index is 1.82. The number of nitrogens with zero attached hydrogens (tertiary/aromatic N) is 2. The van der Waals surface area contributed by atoms with Crippen molar-refractivity contribution in [1.29, 1.82) is 0 Å². The SMILES string of the molecule is CC(=O)NCc1ccc(C(=O)Cn2cnc3c(C)cccc3c2=O)s1. The van der Waals surface area contributed by atoms with Gasteiger partial charge in [0.25, 0.3) is 5.56 Å². The molecule has 25 heavy (non-hydrogen) atoms. The minimum atomic E-state index is -0.225. The Morgan fingerprint density at radius 3 is 2.80 bits per heavy atom. The number of benzene rings is 1. The van der Waals surface area contributed by atoms with E-state index in [1.807, 2.05) is 13.0 Å². The second kappa shape index (κ2) is 6.98. The summed E-state index contributed by atoms with van der Waals surface area (Å²) in [7, 11) is 0. The van der Waals surface area contributed by atoms with Gasteiger partial charge in [0.1, 0.15) is 0 Å². The molecule has 3 aromatic rings. The van der Waals surface area contributed by atoms with E-state index in [2.05, 4.69) is 10.3 Å². The number of hydrogen-bond acceptors (Lipinski definition) is 5. The van der Waals surface area contributed by atoms with Gasteiger partial charge >= 0.3 is 0 Å². The Morgan fingerprint density at radius 2 is 2.04 bits per heavy atom. The van der Waals surface area contributed by atoms with Gasteiger partial charge in [-0.15, -0.1) is 11.3 Å². The minimum absolute atomic E-state index is 0.0597. The zero-order valence-electron chi connectivity index (χ0n) is 13.9. The van der Waals surface area contributed by atoms with Gasteiger partial charge in [-0.05, 0) is 30.7 Å². The van der Waals surface area contributed by atoms with E-state index in [0.717, 1.165) is 10.4 Å². The molecule has 0 aliphatic carbocycles. The van der Waals surface area contributed by atoms with Crippen molar-refractivity contribution < 1.29 is 9.59 Å². The Bertz CT molecular complexity index is 1020. The number of amides is 1. The van der Waals surface area contributed by atoms with Gasteiger partial charge in [0.05, 0.1) is 35.2 Å². The van der Waals surface area contributed by atoms with Crippen molar-refractivity contribution in [1.82, 2.24) is 14.9 Å². The van der Waals surface area contributed by atoms with Crippen LogP contribution in [0.2, 0.25) is 0 Å². The Kier molecular flexibility index (Phi) is 4.76. The van der Waals surface area contributed by atoms with Gasteiger partial charge in [0.2, 0.25) is 5.91 Å². The number of carbonyl (C=O) groups is 2. The lowest BCUT2D eigenvalue weighted by Gasteiger charge is -2.06. The Morgan fingerprint density at radius 1 is 1.24 bits per heavy atom. The van der Waals surface area contributed by atoms with Crippen LogP contribution in [0.3, 0.4) is 0 Å². The van der Waals surface area contributed by atoms with E-state index in [1.54, 1.807) is 24.3 Å². The van der Waals surface area contributed by atoms with Crippen LogP contribution in [0.25, 0.3) is 10.9 Å². The highest BCUT2D eigenvalue weighted by atomic mass is 32.1. The number of rotatable bonds is 5. The maximum absolute atomic E-state index is 12.6. The van der Waals surface area contributed by atoms with Gasteiger partial charge in [0.15, 0.2) is 5.78 Å². The van der Waals surface area contributed by atoms with Gasteiger partial charge in [-0.25, -0.2) is 4.98 Å². The largest absolute Gasteiger partial charge is 0.351 e. The molecule has 128 valence electrons. The van der Waals surface area contributed by atoms with Crippen molar-refractivity contribution in [2.75, 3.05) is 0 Å². The zero-order chi connectivity index (χ0) is 18.0. The summed E-state index contributed by atoms with van der Waals surface area (Å²) < 4.78 is 1.33. The molecule has 0 atom stereocenters. The highest BCUT2D eigenvalue weighted by Gasteiger charge is 2.13. The first kappa shape index (κ1) is 17.0. The van der Waals surface area contributed by atoms with Crippen molar-refractivity contribution in [3.8, 4) is 0 Å². The molecule has 1 amide bonds. The van der Waals surface area contributed by atoms with E-state index in [9.17, 15) is 14.4 Å². The molecule has 0 radical (unpaired) electrons. The monoisotopic (exact) mass is 355 g/mol. The van der Waals surface area contributed by atoms with Crippen molar-refractivity contribution >= 4 is 33.9 Å². The highest BCUT2D eigenvalue weighted by molar-refractivity contribution is 7.14. The van der Waals surface area contributed by atoms with E-state index in [1.165, 1.54) is 29.2 Å². The van der Waals surface area contributed by atoms with Crippen LogP contribution >= 0.6 is 11.3 Å². The molecule has 0 aliphatic rings. The number of carbonyl (C=O) groups excluding carboxylic acids is 2. The predicted molar refractivity (Wildman–Crippen MR) is 96.9 cm³/mol. The predicted octanol–water partition coefficient (Wildman–Crippen LogP) is 2.29. The quantitative estimate of drug-likeness (QED) is 0.712. The molecule has 1 aromatic carbocycles. The van der Waals surface area contributed by atoms with Crippen LogP contribution in [-0.2, 0) is 17.9 Å². The zero-order valence-corrected chi connectivity index (χ0v) is 14.7. The third-order valence-corrected chi connectivity index (χ3v) is 4.94. The lowest BCUT2D eigenvalue weighted by Crippen LogP contribution is -2.24. The third kappa shape index (κ3) is 3.66. The van der Waals surface area contributed by atoms with E-state index in [0.29, 0.717) is 22.3 Å². The summed E-state index contributed by atoms with van der Waals surface area (Å²) in [6, 6.07) is 8.94. The fraction of sp³-hybridized carbons (Fsp3) is 0.222. The fourth-order valence-corrected chi connectivity index (χ4v) is 3.39. The second-order valence-corrected chi connectivity index (χ2v) is 6.92. The van der Waals surface area contributed by atoms with Crippen LogP contribution in [-0.4, -0.2) is 21.2 Å². The summed E-state index contributed by atoms with van der Waals surface area (Å²) >= 11 is 1.31. The summed E-state index contributed by atoms with van der Waals surface area (Å²) in [5.74, 6) is -0.277. The molecule has 2 aromatic heterocycles. The smallest absolute Gasteiger partial charge is 0.261 e. The number of para-hydroxylation sites is 1. The summed E-state index contributed by atoms with van der Waals surface area (Å²) in [6.45, 7) is 3.67. The van der Waals surface area contributed by atoms with Crippen LogP contribution in [0.15, 0.2) is 41.5 Å². The first-order chi connectivity index (χ1) is 12.0. The summed E-state index contributed by atoms with van der Waals surface area (Å²) in [6.07, 6.45) is 1.42. The number of fused-ring (bicyclic) bond motifs is 1. The number of thiophene rings is 1. The van der Waals surface area contributed by atoms with Gasteiger partial charge in [-0.2, -0.15) is 0 Å². The van der Waals surface area contributed by atoms with E-state index < -0.39 is 0 Å². The third-order valence-electron chi connectivity index (χ3n) is 3.82. The number of aromatic nitrogens is 2. The first-order valence-corrected chi connectivity index (χ1v) is 8.58. The molecule has 1 N–H and O–H groups in total. The average Bonchev–Trinajstić information content (AvgIpc) is 3.05. The van der Waals surface area contributed by atoms with Crippen molar-refractivity contribution in [2.24, 2.45) is 0 Å². The topological polar surface area (TPSA) is 81.1 Å². The number of aryl methyl sites for hydroxylation is 1. The molecule has 0 saturated heterocycles. The summed E-state index contributed by atoms with van der Waals surface area (Å²) in [5, 5.41) is 3.20. The molecular formula is C18H17N3O3S. The van der Waals surface area contributed by atoms with Crippen molar-refractivity contribution in [3.63, 3.8) is 0 Å². The molecule has 0 bridgehead atoms. The van der Waals surface area contributed by atoms with Crippen molar-refractivity contribution in [2.45, 2.75) is 26.9 Å². The van der Waals surface area contributed by atoms with Crippen LogP contribution in [0.4, 0.5) is 0 Å². The summed E-state index contributed by atoms with van der Waals surface area (Å²) in [5.41, 5.74) is 1.36. The average molecular weight is 355 g/mol. The van der Waals surface area contributed by atoms with E-state index in [-0.39, 0.29) is 23.8 Å². The lowest BCUT2D eigenvalue weighted by atomic mass is 10.1. The first-order valence-electron chi connectivity index (χ1n) is 7.77. The lowest BCUT2D eigenvalue weighted by molar-refractivity contribution is -0.119. The van der Waals surface area contributed by atoms with Gasteiger partial charge in [-0.3, -0.25) is 19.0 Å². The van der Waals surface area contributed by atoms with Gasteiger partial charge < -0.3 is 5.32 Å². The maximum atomic E-state index is 12.6. The van der Waals surface area contributed by atoms with E-state index >= 15 is 0 Å². The Hall–Kier alpha value is -2.80. The number of ketones is 1. The van der Waals surface area contributed by atoms with Crippen molar-refractivity contribution in [3.05, 3.63) is 62.3 Å². The van der Waals surface area contributed by atoms with Crippen LogP contribution < -0.4 is 10.9 Å². The number of Topliss-reactive ketones (excluding diaryl/α,β-unsaturated/α-hetero) is 1. The molecule has 3 rings (SSSR count). The minimum Gasteiger partial charge on any atom is -0.351 e. The molecule has 0 saturated carbocycles.